The SMILES string of the molecule is Cc1cc(Br)cn2c(C=O)c(-c3ccc(C(C)(C)C)cc3)nc12. The van der Waals surface area contributed by atoms with Crippen molar-refractivity contribution in [2.24, 2.45) is 0 Å². The van der Waals surface area contributed by atoms with Gasteiger partial charge in [-0.1, -0.05) is 45.0 Å². The van der Waals surface area contributed by atoms with E-state index in [1.807, 2.05) is 35.7 Å². The molecule has 3 nitrogen and oxygen atoms in total. The molecule has 118 valence electrons. The molecule has 0 saturated heterocycles. The lowest BCUT2D eigenvalue weighted by atomic mass is 9.86. The minimum atomic E-state index is 0.104. The minimum absolute atomic E-state index is 0.104. The Labute approximate surface area is 144 Å². The van der Waals surface area contributed by atoms with Gasteiger partial charge in [-0.05, 0) is 45.5 Å². The van der Waals surface area contributed by atoms with E-state index in [0.717, 1.165) is 33.2 Å². The summed E-state index contributed by atoms with van der Waals surface area (Å²) in [4.78, 5) is 16.3. The second kappa shape index (κ2) is 5.60. The highest BCUT2D eigenvalue weighted by molar-refractivity contribution is 9.10. The first-order valence-electron chi connectivity index (χ1n) is 7.55. The molecule has 0 atom stereocenters. The number of pyridine rings is 1. The Bertz CT molecular complexity index is 886. The summed E-state index contributed by atoms with van der Waals surface area (Å²) in [7, 11) is 0. The lowest BCUT2D eigenvalue weighted by molar-refractivity contribution is 0.111. The zero-order chi connectivity index (χ0) is 16.8. The Hall–Kier alpha value is -1.94. The topological polar surface area (TPSA) is 34.4 Å². The van der Waals surface area contributed by atoms with Gasteiger partial charge in [-0.25, -0.2) is 4.98 Å². The van der Waals surface area contributed by atoms with Gasteiger partial charge < -0.3 is 0 Å². The zero-order valence-corrected chi connectivity index (χ0v) is 15.3. The van der Waals surface area contributed by atoms with Crippen molar-refractivity contribution in [2.45, 2.75) is 33.1 Å². The highest BCUT2D eigenvalue weighted by Gasteiger charge is 2.17. The fraction of sp³-hybridized carbons (Fsp3) is 0.263. The fourth-order valence-electron chi connectivity index (χ4n) is 2.74. The van der Waals surface area contributed by atoms with E-state index >= 15 is 0 Å². The van der Waals surface area contributed by atoms with Gasteiger partial charge in [0, 0.05) is 16.2 Å². The van der Waals surface area contributed by atoms with Crippen molar-refractivity contribution in [2.75, 3.05) is 0 Å². The second-order valence-corrected chi connectivity index (χ2v) is 7.74. The van der Waals surface area contributed by atoms with Crippen LogP contribution in [0.15, 0.2) is 41.0 Å². The molecule has 0 spiro atoms. The number of halogens is 1. The standard InChI is InChI=1S/C19H19BrN2O/c1-12-9-15(20)10-22-16(11-23)17(21-18(12)22)13-5-7-14(8-6-13)19(2,3)4/h5-11H,1-4H3. The molecule has 2 heterocycles. The molecule has 4 heteroatoms. The third kappa shape index (κ3) is 2.83. The highest BCUT2D eigenvalue weighted by atomic mass is 79.9. The van der Waals surface area contributed by atoms with Crippen LogP contribution in [0, 0.1) is 6.92 Å². The molecule has 23 heavy (non-hydrogen) atoms. The molecule has 0 aliphatic heterocycles. The summed E-state index contributed by atoms with van der Waals surface area (Å²) in [6.45, 7) is 8.55. The zero-order valence-electron chi connectivity index (χ0n) is 13.7. The molecule has 0 amide bonds. The molecular formula is C19H19BrN2O. The summed E-state index contributed by atoms with van der Waals surface area (Å²) in [6, 6.07) is 10.3. The molecule has 0 radical (unpaired) electrons. The Morgan fingerprint density at radius 2 is 1.83 bits per heavy atom. The maximum atomic E-state index is 11.6. The maximum absolute atomic E-state index is 11.6. The number of aryl methyl sites for hydroxylation is 1. The van der Waals surface area contributed by atoms with Crippen LogP contribution in [0.4, 0.5) is 0 Å². The summed E-state index contributed by atoms with van der Waals surface area (Å²) in [5.41, 5.74) is 5.46. The van der Waals surface area contributed by atoms with Gasteiger partial charge in [0.15, 0.2) is 6.29 Å². The summed E-state index contributed by atoms with van der Waals surface area (Å²) in [6.07, 6.45) is 2.75. The number of aromatic nitrogens is 2. The van der Waals surface area contributed by atoms with Crippen LogP contribution in [0.25, 0.3) is 16.9 Å². The number of rotatable bonds is 2. The lowest BCUT2D eigenvalue weighted by Crippen LogP contribution is -2.10. The third-order valence-electron chi connectivity index (χ3n) is 4.04. The lowest BCUT2D eigenvalue weighted by Gasteiger charge is -2.18. The van der Waals surface area contributed by atoms with Gasteiger partial charge in [0.25, 0.3) is 0 Å². The number of benzene rings is 1. The van der Waals surface area contributed by atoms with Crippen molar-refractivity contribution >= 4 is 27.9 Å². The van der Waals surface area contributed by atoms with E-state index in [1.165, 1.54) is 5.56 Å². The molecule has 1 aromatic carbocycles. The van der Waals surface area contributed by atoms with E-state index in [1.54, 1.807) is 0 Å². The third-order valence-corrected chi connectivity index (χ3v) is 4.48. The van der Waals surface area contributed by atoms with Crippen molar-refractivity contribution in [1.82, 2.24) is 9.38 Å². The Kier molecular flexibility index (Phi) is 3.88. The number of aldehydes is 1. The molecule has 3 aromatic rings. The molecule has 3 rings (SSSR count). The summed E-state index contributed by atoms with van der Waals surface area (Å²) >= 11 is 3.48. The number of hydrogen-bond donors (Lipinski definition) is 0. The van der Waals surface area contributed by atoms with Gasteiger partial charge in [0.05, 0.1) is 0 Å². The van der Waals surface area contributed by atoms with Crippen molar-refractivity contribution in [3.05, 3.63) is 57.8 Å². The first-order valence-corrected chi connectivity index (χ1v) is 8.35. The molecule has 0 unspecified atom stereocenters. The number of carbonyl (C=O) groups is 1. The number of fused-ring (bicyclic) bond motifs is 1. The quantitative estimate of drug-likeness (QED) is 0.582. The van der Waals surface area contributed by atoms with Gasteiger partial charge in [0.2, 0.25) is 0 Å². The summed E-state index contributed by atoms with van der Waals surface area (Å²) in [5, 5.41) is 0. The minimum Gasteiger partial charge on any atom is -0.296 e. The summed E-state index contributed by atoms with van der Waals surface area (Å²) in [5.74, 6) is 0. The smallest absolute Gasteiger partial charge is 0.169 e. The van der Waals surface area contributed by atoms with Gasteiger partial charge >= 0.3 is 0 Å². The van der Waals surface area contributed by atoms with Crippen LogP contribution in [-0.4, -0.2) is 15.7 Å². The van der Waals surface area contributed by atoms with Crippen molar-refractivity contribution in [1.29, 1.82) is 0 Å². The molecule has 0 N–H and O–H groups in total. The first kappa shape index (κ1) is 15.9. The largest absolute Gasteiger partial charge is 0.296 e. The van der Waals surface area contributed by atoms with Crippen molar-refractivity contribution in [3.8, 4) is 11.3 Å². The molecular weight excluding hydrogens is 352 g/mol. The molecule has 0 aliphatic rings. The predicted octanol–water partition coefficient (Wildman–Crippen LogP) is 5.18. The molecule has 0 fully saturated rings. The Balaban J connectivity index is 2.20. The van der Waals surface area contributed by atoms with E-state index in [2.05, 4.69) is 48.8 Å². The van der Waals surface area contributed by atoms with Crippen LogP contribution < -0.4 is 0 Å². The van der Waals surface area contributed by atoms with E-state index in [0.29, 0.717) is 5.69 Å². The Morgan fingerprint density at radius 1 is 1.17 bits per heavy atom. The van der Waals surface area contributed by atoms with Crippen LogP contribution in [0.5, 0.6) is 0 Å². The number of carbonyl (C=O) groups excluding carboxylic acids is 1. The van der Waals surface area contributed by atoms with Crippen LogP contribution in [-0.2, 0) is 5.41 Å². The fourth-order valence-corrected chi connectivity index (χ4v) is 3.29. The molecule has 0 bridgehead atoms. The van der Waals surface area contributed by atoms with Gasteiger partial charge in [0.1, 0.15) is 17.0 Å². The predicted molar refractivity (Wildman–Crippen MR) is 97.2 cm³/mol. The first-order chi connectivity index (χ1) is 10.8. The van der Waals surface area contributed by atoms with Gasteiger partial charge in [-0.15, -0.1) is 0 Å². The highest BCUT2D eigenvalue weighted by Crippen LogP contribution is 2.29. The maximum Gasteiger partial charge on any atom is 0.169 e. The van der Waals surface area contributed by atoms with E-state index in [9.17, 15) is 4.79 Å². The van der Waals surface area contributed by atoms with Crippen molar-refractivity contribution in [3.63, 3.8) is 0 Å². The van der Waals surface area contributed by atoms with E-state index < -0.39 is 0 Å². The number of nitrogens with zero attached hydrogens (tertiary/aromatic N) is 2. The van der Waals surface area contributed by atoms with Gasteiger partial charge in [-0.3, -0.25) is 9.20 Å². The van der Waals surface area contributed by atoms with Crippen LogP contribution in [0.1, 0.15) is 42.4 Å². The molecule has 0 saturated carbocycles. The molecule has 2 aromatic heterocycles. The van der Waals surface area contributed by atoms with E-state index in [4.69, 9.17) is 4.98 Å². The molecule has 0 aliphatic carbocycles. The monoisotopic (exact) mass is 370 g/mol. The normalized spacial score (nSPS) is 11.9. The number of imidazole rings is 1. The average Bonchev–Trinajstić information content (AvgIpc) is 2.85. The summed E-state index contributed by atoms with van der Waals surface area (Å²) < 4.78 is 2.78. The van der Waals surface area contributed by atoms with Crippen LogP contribution in [0.3, 0.4) is 0 Å². The Morgan fingerprint density at radius 3 is 2.39 bits per heavy atom. The van der Waals surface area contributed by atoms with Crippen LogP contribution >= 0.6 is 15.9 Å². The van der Waals surface area contributed by atoms with E-state index in [-0.39, 0.29) is 5.41 Å². The van der Waals surface area contributed by atoms with Crippen molar-refractivity contribution < 1.29 is 4.79 Å². The second-order valence-electron chi connectivity index (χ2n) is 6.83. The van der Waals surface area contributed by atoms with Gasteiger partial charge in [-0.2, -0.15) is 0 Å². The average molecular weight is 371 g/mol. The number of hydrogen-bond acceptors (Lipinski definition) is 2. The van der Waals surface area contributed by atoms with Crippen LogP contribution in [0.2, 0.25) is 0 Å².